The molecule has 12 aromatic carbocycles. The first-order chi connectivity index (χ1) is 34.2. The Labute approximate surface area is 402 Å². The zero-order valence-corrected chi connectivity index (χ0v) is 38.2. The number of furan rings is 1. The van der Waals surface area contributed by atoms with E-state index in [0.29, 0.717) is 0 Å². The van der Waals surface area contributed by atoms with E-state index >= 15 is 0 Å². The van der Waals surface area contributed by atoms with Crippen LogP contribution in [0.1, 0.15) is 22.3 Å². The Morgan fingerprint density at radius 3 is 1.55 bits per heavy atom. The predicted octanol–water partition coefficient (Wildman–Crippen LogP) is 18.8. The topological polar surface area (TPSA) is 13.1 Å². The molecule has 0 radical (unpaired) electrons. The molecule has 0 aliphatic heterocycles. The van der Waals surface area contributed by atoms with Crippen LogP contribution in [0, 0.1) is 0 Å². The number of thiophene rings is 1. The second kappa shape index (κ2) is 14.7. The second-order valence-corrected chi connectivity index (χ2v) is 19.6. The van der Waals surface area contributed by atoms with Crippen LogP contribution in [0.5, 0.6) is 0 Å². The van der Waals surface area contributed by atoms with Gasteiger partial charge in [-0.3, -0.25) is 0 Å². The maximum absolute atomic E-state index is 7.16. The fourth-order valence-electron chi connectivity index (χ4n) is 12.2. The molecule has 2 aromatic heterocycles. The van der Waals surface area contributed by atoms with Crippen molar-refractivity contribution in [1.82, 2.24) is 0 Å². The van der Waals surface area contributed by atoms with Crippen LogP contribution < -0.4 is 0 Å². The summed E-state index contributed by atoms with van der Waals surface area (Å²) in [6.07, 6.45) is 0. The first kappa shape index (κ1) is 38.5. The normalized spacial score (nSPS) is 13.0. The van der Waals surface area contributed by atoms with Gasteiger partial charge in [-0.15, -0.1) is 11.3 Å². The third-order valence-electron chi connectivity index (χ3n) is 15.2. The van der Waals surface area contributed by atoms with E-state index in [9.17, 15) is 0 Å². The van der Waals surface area contributed by atoms with E-state index in [4.69, 9.17) is 4.42 Å². The lowest BCUT2D eigenvalue weighted by atomic mass is 9.67. The fourth-order valence-corrected chi connectivity index (χ4v) is 13.5. The molecule has 1 aliphatic rings. The first-order valence-corrected chi connectivity index (χ1v) is 24.6. The quantitative estimate of drug-likeness (QED) is 0.157. The lowest BCUT2D eigenvalue weighted by Gasteiger charge is -2.33. The molecule has 2 heterocycles. The van der Waals surface area contributed by atoms with Crippen molar-refractivity contribution < 1.29 is 4.42 Å². The lowest BCUT2D eigenvalue weighted by Crippen LogP contribution is -2.28. The Bertz CT molecular complexity index is 4300. The van der Waals surface area contributed by atoms with E-state index in [1.807, 2.05) is 11.3 Å². The van der Waals surface area contributed by atoms with Crippen molar-refractivity contribution in [2.24, 2.45) is 0 Å². The van der Waals surface area contributed by atoms with Crippen molar-refractivity contribution >= 4 is 85.8 Å². The van der Waals surface area contributed by atoms with Crippen LogP contribution in [0.25, 0.3) is 119 Å². The van der Waals surface area contributed by atoms with Crippen molar-refractivity contribution in [1.29, 1.82) is 0 Å². The summed E-state index contributed by atoms with van der Waals surface area (Å²) >= 11 is 1.90. The highest BCUT2D eigenvalue weighted by atomic mass is 32.1. The smallest absolute Gasteiger partial charge is 0.143 e. The molecule has 1 aliphatic carbocycles. The summed E-state index contributed by atoms with van der Waals surface area (Å²) < 4.78 is 9.76. The summed E-state index contributed by atoms with van der Waals surface area (Å²) in [6, 6.07) is 89.7. The Hall–Kier alpha value is -8.56. The first-order valence-electron chi connectivity index (χ1n) is 23.8. The van der Waals surface area contributed by atoms with E-state index in [1.165, 1.54) is 114 Å². The van der Waals surface area contributed by atoms with Gasteiger partial charge in [-0.25, -0.2) is 0 Å². The zero-order valence-electron chi connectivity index (χ0n) is 37.4. The minimum absolute atomic E-state index is 0.537. The van der Waals surface area contributed by atoms with Crippen LogP contribution in [-0.2, 0) is 5.41 Å². The Kier molecular flexibility index (Phi) is 8.22. The van der Waals surface area contributed by atoms with Crippen LogP contribution in [0.4, 0.5) is 0 Å². The van der Waals surface area contributed by atoms with Crippen LogP contribution in [0.3, 0.4) is 0 Å². The lowest BCUT2D eigenvalue weighted by molar-refractivity contribution is 0.669. The number of fused-ring (bicyclic) bond motifs is 14. The third-order valence-corrected chi connectivity index (χ3v) is 16.4. The Morgan fingerprint density at radius 2 is 0.855 bits per heavy atom. The van der Waals surface area contributed by atoms with Gasteiger partial charge in [0.1, 0.15) is 11.2 Å². The van der Waals surface area contributed by atoms with E-state index in [0.717, 1.165) is 27.5 Å². The standard InChI is InChI=1S/C67H40OS/c1-3-18-45(19-4-1)67(46-20-5-2-6-21-46)57-37-35-54-56-40-44(34-39-59(56)68-65(54)63(57)64-58(67)38-36-55-48-23-13-14-29-60(48)69-66(55)64)41-30-32-43(33-31-41)61-50-24-9-11-26-52(50)62(53-27-12-10-25-51(53)61)49-28-15-17-42-16-7-8-22-47(42)49/h1-40H. The molecular weight excluding hydrogens is 853 g/mol. The summed E-state index contributed by atoms with van der Waals surface area (Å²) in [5.74, 6) is 0. The van der Waals surface area contributed by atoms with E-state index in [-0.39, 0.29) is 0 Å². The molecule has 0 saturated heterocycles. The van der Waals surface area contributed by atoms with Crippen molar-refractivity contribution in [3.63, 3.8) is 0 Å². The molecule has 2 heteroatoms. The molecular formula is C67H40OS. The molecule has 69 heavy (non-hydrogen) atoms. The molecule has 0 unspecified atom stereocenters. The largest absolute Gasteiger partial charge is 0.455 e. The highest BCUT2D eigenvalue weighted by Gasteiger charge is 2.48. The second-order valence-electron chi connectivity index (χ2n) is 18.6. The molecule has 0 amide bonds. The maximum Gasteiger partial charge on any atom is 0.143 e. The van der Waals surface area contributed by atoms with Crippen molar-refractivity contribution in [3.8, 4) is 44.5 Å². The molecule has 320 valence electrons. The zero-order chi connectivity index (χ0) is 45.2. The molecule has 0 saturated carbocycles. The highest BCUT2D eigenvalue weighted by Crippen LogP contribution is 2.61. The van der Waals surface area contributed by atoms with Gasteiger partial charge in [0, 0.05) is 42.1 Å². The van der Waals surface area contributed by atoms with Crippen molar-refractivity contribution in [2.45, 2.75) is 5.41 Å². The van der Waals surface area contributed by atoms with Gasteiger partial charge in [-0.1, -0.05) is 224 Å². The molecule has 1 nitrogen and oxygen atoms in total. The molecule has 15 rings (SSSR count). The van der Waals surface area contributed by atoms with Crippen LogP contribution >= 0.6 is 11.3 Å². The molecule has 0 bridgehead atoms. The Morgan fingerprint density at radius 1 is 0.319 bits per heavy atom. The molecule has 0 fully saturated rings. The van der Waals surface area contributed by atoms with Crippen LogP contribution in [0.2, 0.25) is 0 Å². The summed E-state index contributed by atoms with van der Waals surface area (Å²) in [5.41, 5.74) is 16.2. The fraction of sp³-hybridized carbons (Fsp3) is 0.0149. The number of rotatable bonds is 5. The molecule has 0 atom stereocenters. The number of hydrogen-bond acceptors (Lipinski definition) is 2. The highest BCUT2D eigenvalue weighted by molar-refractivity contribution is 7.26. The van der Waals surface area contributed by atoms with Crippen LogP contribution in [0.15, 0.2) is 247 Å². The average molecular weight is 893 g/mol. The minimum atomic E-state index is -0.537. The van der Waals surface area contributed by atoms with Gasteiger partial charge < -0.3 is 4.42 Å². The van der Waals surface area contributed by atoms with Crippen LogP contribution in [-0.4, -0.2) is 0 Å². The molecule has 0 N–H and O–H groups in total. The van der Waals surface area contributed by atoms with Gasteiger partial charge in [-0.2, -0.15) is 0 Å². The van der Waals surface area contributed by atoms with E-state index in [2.05, 4.69) is 243 Å². The van der Waals surface area contributed by atoms with E-state index < -0.39 is 5.41 Å². The summed E-state index contributed by atoms with van der Waals surface area (Å²) in [7, 11) is 0. The van der Waals surface area contributed by atoms with Gasteiger partial charge in [0.2, 0.25) is 0 Å². The maximum atomic E-state index is 7.16. The Balaban J connectivity index is 0.910. The van der Waals surface area contributed by atoms with Gasteiger partial charge in [0.25, 0.3) is 0 Å². The van der Waals surface area contributed by atoms with Gasteiger partial charge >= 0.3 is 0 Å². The molecule has 0 spiro atoms. The SMILES string of the molecule is c1ccc(C2(c3ccccc3)c3ccc4c(oc5ccc(-c6ccc(-c7c8ccccc8c(-c8cccc9ccccc89)c8ccccc78)cc6)cc54)c3-c3c2ccc2c3sc3ccccc32)cc1. The summed E-state index contributed by atoms with van der Waals surface area (Å²) in [6.45, 7) is 0. The molecule has 14 aromatic rings. The predicted molar refractivity (Wildman–Crippen MR) is 293 cm³/mol. The monoisotopic (exact) mass is 892 g/mol. The van der Waals surface area contributed by atoms with Gasteiger partial charge in [-0.05, 0) is 106 Å². The van der Waals surface area contributed by atoms with Gasteiger partial charge in [0.15, 0.2) is 0 Å². The third kappa shape index (κ3) is 5.41. The summed E-state index contributed by atoms with van der Waals surface area (Å²) in [4.78, 5) is 0. The van der Waals surface area contributed by atoms with Crippen molar-refractivity contribution in [3.05, 3.63) is 265 Å². The number of hydrogen-bond donors (Lipinski definition) is 0. The number of benzene rings is 12. The van der Waals surface area contributed by atoms with Crippen molar-refractivity contribution in [2.75, 3.05) is 0 Å². The minimum Gasteiger partial charge on any atom is -0.455 e. The average Bonchev–Trinajstić information content (AvgIpc) is 4.09. The summed E-state index contributed by atoms with van der Waals surface area (Å²) in [5, 5.41) is 12.4. The van der Waals surface area contributed by atoms with Gasteiger partial charge in [0.05, 0.1) is 5.41 Å². The van der Waals surface area contributed by atoms with E-state index in [1.54, 1.807) is 0 Å².